The molecule has 1 aliphatic heterocycles. The Bertz CT molecular complexity index is 799. The van der Waals surface area contributed by atoms with Crippen molar-refractivity contribution in [1.82, 2.24) is 4.90 Å². The number of piperidine rings is 1. The average molecular weight is 364 g/mol. The Morgan fingerprint density at radius 2 is 2.12 bits per heavy atom. The molecule has 1 aliphatic rings. The lowest BCUT2D eigenvalue weighted by atomic mass is 10.0. The number of amides is 1. The van der Waals surface area contributed by atoms with Crippen LogP contribution in [0.5, 0.6) is 0 Å². The Balaban J connectivity index is 1.80. The normalized spacial score (nSPS) is 18.2. The summed E-state index contributed by atoms with van der Waals surface area (Å²) in [6.07, 6.45) is 5.71. The van der Waals surface area contributed by atoms with Crippen LogP contribution < -0.4 is 0 Å². The highest BCUT2D eigenvalue weighted by Crippen LogP contribution is 2.36. The van der Waals surface area contributed by atoms with Crippen LogP contribution in [0.1, 0.15) is 24.1 Å². The molecule has 0 N–H and O–H groups in total. The Kier molecular flexibility index (Phi) is 5.21. The third-order valence-electron chi connectivity index (χ3n) is 4.20. The van der Waals surface area contributed by atoms with Gasteiger partial charge in [0.1, 0.15) is 6.04 Å². The SMILES string of the molecule is COC(=O)C1CCCCN1C(=O)/C=C/c1sc2ccccc2c1Cl. The van der Waals surface area contributed by atoms with Gasteiger partial charge in [-0.1, -0.05) is 29.8 Å². The fourth-order valence-corrected chi connectivity index (χ4v) is 4.36. The molecular weight excluding hydrogens is 346 g/mol. The summed E-state index contributed by atoms with van der Waals surface area (Å²) in [5.41, 5.74) is 0. The number of hydrogen-bond acceptors (Lipinski definition) is 4. The minimum atomic E-state index is -0.487. The quantitative estimate of drug-likeness (QED) is 0.608. The molecule has 6 heteroatoms. The van der Waals surface area contributed by atoms with Crippen molar-refractivity contribution in [2.45, 2.75) is 25.3 Å². The van der Waals surface area contributed by atoms with Gasteiger partial charge in [-0.15, -0.1) is 11.3 Å². The molecule has 1 aromatic heterocycles. The number of carbonyl (C=O) groups is 2. The molecule has 0 aliphatic carbocycles. The van der Waals surface area contributed by atoms with Crippen LogP contribution in [0.4, 0.5) is 0 Å². The molecule has 4 nitrogen and oxygen atoms in total. The molecule has 24 heavy (non-hydrogen) atoms. The molecule has 1 aromatic carbocycles. The number of thiophene rings is 1. The van der Waals surface area contributed by atoms with Gasteiger partial charge in [0.05, 0.1) is 12.1 Å². The number of benzene rings is 1. The summed E-state index contributed by atoms with van der Waals surface area (Å²) in [6, 6.07) is 7.38. The average Bonchev–Trinajstić information content (AvgIpc) is 2.95. The number of hydrogen-bond donors (Lipinski definition) is 0. The third-order valence-corrected chi connectivity index (χ3v) is 5.85. The van der Waals surface area contributed by atoms with E-state index in [0.717, 1.165) is 27.8 Å². The maximum absolute atomic E-state index is 12.5. The molecule has 2 heterocycles. The number of carbonyl (C=O) groups excluding carboxylic acids is 2. The molecule has 0 bridgehead atoms. The largest absolute Gasteiger partial charge is 0.467 e. The molecule has 0 spiro atoms. The number of ether oxygens (including phenoxy) is 1. The van der Waals surface area contributed by atoms with E-state index >= 15 is 0 Å². The molecule has 1 fully saturated rings. The number of halogens is 1. The Morgan fingerprint density at radius 1 is 1.33 bits per heavy atom. The maximum atomic E-state index is 12.5. The first kappa shape index (κ1) is 17.0. The first-order valence-corrected chi connectivity index (χ1v) is 9.05. The van der Waals surface area contributed by atoms with E-state index in [1.54, 1.807) is 22.3 Å². The number of methoxy groups -OCH3 is 1. The van der Waals surface area contributed by atoms with Gasteiger partial charge in [-0.2, -0.15) is 0 Å². The summed E-state index contributed by atoms with van der Waals surface area (Å²) in [5, 5.41) is 1.64. The van der Waals surface area contributed by atoms with Crippen LogP contribution in [0.3, 0.4) is 0 Å². The van der Waals surface area contributed by atoms with E-state index in [1.165, 1.54) is 13.2 Å². The van der Waals surface area contributed by atoms with Gasteiger partial charge in [0.15, 0.2) is 0 Å². The minimum Gasteiger partial charge on any atom is -0.467 e. The lowest BCUT2D eigenvalue weighted by molar-refractivity contribution is -0.153. The van der Waals surface area contributed by atoms with Crippen LogP contribution in [-0.2, 0) is 14.3 Å². The second-order valence-electron chi connectivity index (χ2n) is 5.68. The van der Waals surface area contributed by atoms with Crippen LogP contribution in [0.15, 0.2) is 30.3 Å². The van der Waals surface area contributed by atoms with Gasteiger partial charge >= 0.3 is 5.97 Å². The van der Waals surface area contributed by atoms with Crippen molar-refractivity contribution in [1.29, 1.82) is 0 Å². The Labute approximate surface area is 149 Å². The molecule has 1 amide bonds. The van der Waals surface area contributed by atoms with Crippen LogP contribution in [0.25, 0.3) is 16.2 Å². The van der Waals surface area contributed by atoms with Gasteiger partial charge in [0.2, 0.25) is 5.91 Å². The van der Waals surface area contributed by atoms with E-state index in [0.29, 0.717) is 18.0 Å². The second-order valence-corrected chi connectivity index (χ2v) is 7.14. The zero-order chi connectivity index (χ0) is 17.1. The van der Waals surface area contributed by atoms with Crippen molar-refractivity contribution in [2.24, 2.45) is 0 Å². The van der Waals surface area contributed by atoms with Crippen molar-refractivity contribution in [3.63, 3.8) is 0 Å². The van der Waals surface area contributed by atoms with E-state index in [9.17, 15) is 9.59 Å². The van der Waals surface area contributed by atoms with Crippen molar-refractivity contribution in [3.8, 4) is 0 Å². The fraction of sp³-hybridized carbons (Fsp3) is 0.333. The number of esters is 1. The molecule has 0 radical (unpaired) electrons. The molecule has 3 rings (SSSR count). The Hall–Kier alpha value is -1.85. The second kappa shape index (κ2) is 7.36. The standard InChI is InChI=1S/C18H18ClNO3S/c1-23-18(22)13-7-4-5-11-20(13)16(21)10-9-15-17(19)12-6-2-3-8-14(12)24-15/h2-3,6,8-10,13H,4-5,7,11H2,1H3/b10-9+. The van der Waals surface area contributed by atoms with Crippen LogP contribution in [0, 0.1) is 0 Å². The van der Waals surface area contributed by atoms with Crippen LogP contribution >= 0.6 is 22.9 Å². The van der Waals surface area contributed by atoms with Crippen molar-refractivity contribution in [2.75, 3.05) is 13.7 Å². The predicted molar refractivity (Wildman–Crippen MR) is 97.2 cm³/mol. The van der Waals surface area contributed by atoms with Crippen molar-refractivity contribution >= 4 is 51.0 Å². The minimum absolute atomic E-state index is 0.182. The van der Waals surface area contributed by atoms with E-state index in [1.807, 2.05) is 24.3 Å². The van der Waals surface area contributed by atoms with Crippen LogP contribution in [-0.4, -0.2) is 36.5 Å². The van der Waals surface area contributed by atoms with Crippen molar-refractivity contribution < 1.29 is 14.3 Å². The van der Waals surface area contributed by atoms with Crippen LogP contribution in [0.2, 0.25) is 5.02 Å². The summed E-state index contributed by atoms with van der Waals surface area (Å²) < 4.78 is 5.90. The van der Waals surface area contributed by atoms with E-state index in [4.69, 9.17) is 16.3 Å². The zero-order valence-corrected chi connectivity index (χ0v) is 14.9. The topological polar surface area (TPSA) is 46.6 Å². The smallest absolute Gasteiger partial charge is 0.328 e. The zero-order valence-electron chi connectivity index (χ0n) is 13.3. The lowest BCUT2D eigenvalue weighted by Crippen LogP contribution is -2.47. The summed E-state index contributed by atoms with van der Waals surface area (Å²) in [7, 11) is 1.35. The molecule has 2 aromatic rings. The maximum Gasteiger partial charge on any atom is 0.328 e. The number of fused-ring (bicyclic) bond motifs is 1. The van der Waals surface area contributed by atoms with Gasteiger partial charge in [0, 0.05) is 27.6 Å². The fourth-order valence-electron chi connectivity index (χ4n) is 2.96. The number of likely N-dealkylation sites (tertiary alicyclic amines) is 1. The first-order valence-electron chi connectivity index (χ1n) is 7.85. The Morgan fingerprint density at radius 3 is 2.88 bits per heavy atom. The monoisotopic (exact) mass is 363 g/mol. The van der Waals surface area contributed by atoms with Crippen molar-refractivity contribution in [3.05, 3.63) is 40.2 Å². The highest BCUT2D eigenvalue weighted by atomic mass is 35.5. The highest BCUT2D eigenvalue weighted by Gasteiger charge is 2.31. The summed E-state index contributed by atoms with van der Waals surface area (Å²) >= 11 is 7.93. The predicted octanol–water partition coefficient (Wildman–Crippen LogP) is 4.12. The molecular formula is C18H18ClNO3S. The molecule has 1 atom stereocenters. The first-order chi connectivity index (χ1) is 11.6. The molecule has 1 saturated heterocycles. The van der Waals surface area contributed by atoms with Gasteiger partial charge in [-0.05, 0) is 31.4 Å². The van der Waals surface area contributed by atoms with Gasteiger partial charge in [-0.3, -0.25) is 4.79 Å². The molecule has 0 saturated carbocycles. The summed E-state index contributed by atoms with van der Waals surface area (Å²) in [5.74, 6) is -0.532. The molecule has 1 unspecified atom stereocenters. The molecule has 126 valence electrons. The highest BCUT2D eigenvalue weighted by molar-refractivity contribution is 7.20. The number of nitrogens with zero attached hydrogens (tertiary/aromatic N) is 1. The van der Waals surface area contributed by atoms with Gasteiger partial charge < -0.3 is 9.64 Å². The van der Waals surface area contributed by atoms with E-state index in [-0.39, 0.29) is 11.9 Å². The third kappa shape index (κ3) is 3.32. The number of rotatable bonds is 3. The van der Waals surface area contributed by atoms with Gasteiger partial charge in [0.25, 0.3) is 0 Å². The summed E-state index contributed by atoms with van der Waals surface area (Å²) in [6.45, 7) is 0.573. The summed E-state index contributed by atoms with van der Waals surface area (Å²) in [4.78, 5) is 26.8. The van der Waals surface area contributed by atoms with Gasteiger partial charge in [-0.25, -0.2) is 4.79 Å². The van der Waals surface area contributed by atoms with E-state index < -0.39 is 6.04 Å². The van der Waals surface area contributed by atoms with E-state index in [2.05, 4.69) is 0 Å². The lowest BCUT2D eigenvalue weighted by Gasteiger charge is -2.32.